The molecule has 0 fully saturated rings. The number of amides is 1. The van der Waals surface area contributed by atoms with E-state index in [1.165, 1.54) is 37.4 Å². The van der Waals surface area contributed by atoms with Gasteiger partial charge in [0.15, 0.2) is 0 Å². The third kappa shape index (κ3) is 5.98. The van der Waals surface area contributed by atoms with Gasteiger partial charge < -0.3 is 14.8 Å². The maximum Gasteiger partial charge on any atom is 0.416 e. The van der Waals surface area contributed by atoms with Crippen molar-refractivity contribution in [1.82, 2.24) is 0 Å². The lowest BCUT2D eigenvalue weighted by Crippen LogP contribution is -2.16. The summed E-state index contributed by atoms with van der Waals surface area (Å²) in [7, 11) is -2.86. The van der Waals surface area contributed by atoms with Gasteiger partial charge in [0.1, 0.15) is 16.4 Å². The standard InChI is InChI=1S/C23H21F3N2O5S/c1-3-33-19-10-7-17(8-11-19)28-34(30,31)21-14-18(9-12-20(21)32-2)27-22(29)15-5-4-6-16(13-15)23(24,25)26/h4-14,28H,3H2,1-2H3,(H,27,29). The van der Waals surface area contributed by atoms with Crippen molar-refractivity contribution in [3.63, 3.8) is 0 Å². The molecule has 0 aliphatic carbocycles. The zero-order valence-electron chi connectivity index (χ0n) is 18.1. The van der Waals surface area contributed by atoms with Gasteiger partial charge in [-0.3, -0.25) is 9.52 Å². The van der Waals surface area contributed by atoms with Crippen molar-refractivity contribution in [2.45, 2.75) is 18.0 Å². The molecule has 0 heterocycles. The van der Waals surface area contributed by atoms with E-state index in [1.54, 1.807) is 12.1 Å². The number of alkyl halides is 3. The monoisotopic (exact) mass is 494 g/mol. The van der Waals surface area contributed by atoms with Crippen LogP contribution in [0.2, 0.25) is 0 Å². The molecule has 0 aliphatic rings. The Balaban J connectivity index is 1.86. The molecular formula is C23H21F3N2O5S. The fourth-order valence-electron chi connectivity index (χ4n) is 3.00. The molecule has 0 aromatic heterocycles. The van der Waals surface area contributed by atoms with Gasteiger partial charge in [0.2, 0.25) is 0 Å². The second-order valence-electron chi connectivity index (χ2n) is 6.96. The summed E-state index contributed by atoms with van der Waals surface area (Å²) in [5.41, 5.74) is -0.889. The van der Waals surface area contributed by atoms with Crippen molar-refractivity contribution in [3.05, 3.63) is 77.9 Å². The van der Waals surface area contributed by atoms with Crippen molar-refractivity contribution in [1.29, 1.82) is 0 Å². The van der Waals surface area contributed by atoms with Crippen LogP contribution in [0.5, 0.6) is 11.5 Å². The Hall–Kier alpha value is -3.73. The molecule has 34 heavy (non-hydrogen) atoms. The summed E-state index contributed by atoms with van der Waals surface area (Å²) in [5.74, 6) is -0.253. The lowest BCUT2D eigenvalue weighted by Gasteiger charge is -2.14. The quantitative estimate of drug-likeness (QED) is 0.451. The minimum atomic E-state index is -4.61. The van der Waals surface area contributed by atoms with Gasteiger partial charge in [-0.05, 0) is 67.6 Å². The first-order valence-electron chi connectivity index (χ1n) is 9.96. The van der Waals surface area contributed by atoms with Crippen LogP contribution >= 0.6 is 0 Å². The SMILES string of the molecule is CCOc1ccc(NS(=O)(=O)c2cc(NC(=O)c3cccc(C(F)(F)F)c3)ccc2OC)cc1. The third-order valence-electron chi connectivity index (χ3n) is 4.58. The molecule has 180 valence electrons. The predicted molar refractivity (Wildman–Crippen MR) is 121 cm³/mol. The number of benzene rings is 3. The zero-order valence-corrected chi connectivity index (χ0v) is 19.0. The molecule has 2 N–H and O–H groups in total. The number of nitrogens with one attached hydrogen (secondary N) is 2. The molecule has 11 heteroatoms. The molecule has 7 nitrogen and oxygen atoms in total. The van der Waals surface area contributed by atoms with Gasteiger partial charge in [-0.2, -0.15) is 13.2 Å². The number of carbonyl (C=O) groups is 1. The largest absolute Gasteiger partial charge is 0.495 e. The van der Waals surface area contributed by atoms with Crippen LogP contribution in [0.25, 0.3) is 0 Å². The number of ether oxygens (including phenoxy) is 2. The molecule has 0 unspecified atom stereocenters. The van der Waals surface area contributed by atoms with Crippen molar-refractivity contribution in [3.8, 4) is 11.5 Å². The summed E-state index contributed by atoms with van der Waals surface area (Å²) in [5, 5.41) is 2.42. The Morgan fingerprint density at radius 1 is 0.971 bits per heavy atom. The van der Waals surface area contributed by atoms with E-state index in [0.717, 1.165) is 18.2 Å². The van der Waals surface area contributed by atoms with E-state index >= 15 is 0 Å². The minimum Gasteiger partial charge on any atom is -0.495 e. The lowest BCUT2D eigenvalue weighted by atomic mass is 10.1. The van der Waals surface area contributed by atoms with Crippen LogP contribution in [0.4, 0.5) is 24.5 Å². The van der Waals surface area contributed by atoms with E-state index in [9.17, 15) is 26.4 Å². The van der Waals surface area contributed by atoms with Gasteiger partial charge in [0, 0.05) is 16.9 Å². The van der Waals surface area contributed by atoms with Crippen molar-refractivity contribution < 1.29 is 35.9 Å². The predicted octanol–water partition coefficient (Wildman–Crippen LogP) is 5.17. The summed E-state index contributed by atoms with van der Waals surface area (Å²) in [6.45, 7) is 2.28. The number of hydrogen-bond acceptors (Lipinski definition) is 5. The van der Waals surface area contributed by atoms with Crippen LogP contribution in [0, 0.1) is 0 Å². The van der Waals surface area contributed by atoms with Gasteiger partial charge in [-0.25, -0.2) is 8.42 Å². The highest BCUT2D eigenvalue weighted by molar-refractivity contribution is 7.92. The van der Waals surface area contributed by atoms with E-state index in [2.05, 4.69) is 10.0 Å². The zero-order chi connectivity index (χ0) is 24.9. The second-order valence-corrected chi connectivity index (χ2v) is 8.61. The third-order valence-corrected chi connectivity index (χ3v) is 5.98. The topological polar surface area (TPSA) is 93.7 Å². The van der Waals surface area contributed by atoms with Crippen molar-refractivity contribution in [2.24, 2.45) is 0 Å². The molecule has 3 aromatic carbocycles. The Kier molecular flexibility index (Phi) is 7.35. The van der Waals surface area contributed by atoms with Crippen molar-refractivity contribution >= 4 is 27.3 Å². The van der Waals surface area contributed by atoms with Crippen LogP contribution in [0.1, 0.15) is 22.8 Å². The normalized spacial score (nSPS) is 11.6. The van der Waals surface area contributed by atoms with E-state index in [4.69, 9.17) is 9.47 Å². The average molecular weight is 494 g/mol. The van der Waals surface area contributed by atoms with Gasteiger partial charge in [-0.1, -0.05) is 6.07 Å². The van der Waals surface area contributed by atoms with E-state index in [-0.39, 0.29) is 27.6 Å². The van der Waals surface area contributed by atoms with Crippen LogP contribution in [-0.4, -0.2) is 28.0 Å². The number of anilines is 2. The first kappa shape index (κ1) is 24.9. The molecule has 3 aromatic rings. The molecule has 0 saturated heterocycles. The summed E-state index contributed by atoms with van der Waals surface area (Å²) in [6, 6.07) is 14.0. The van der Waals surface area contributed by atoms with Gasteiger partial charge >= 0.3 is 6.18 Å². The fourth-order valence-corrected chi connectivity index (χ4v) is 4.26. The highest BCUT2D eigenvalue weighted by Gasteiger charge is 2.31. The molecule has 0 atom stereocenters. The summed E-state index contributed by atoms with van der Waals surface area (Å²) in [4.78, 5) is 12.2. The molecule has 3 rings (SSSR count). The maximum atomic E-state index is 13.0. The average Bonchev–Trinajstić information content (AvgIpc) is 2.80. The molecule has 0 aliphatic heterocycles. The van der Waals surface area contributed by atoms with Crippen LogP contribution in [0.3, 0.4) is 0 Å². The fraction of sp³-hybridized carbons (Fsp3) is 0.174. The highest BCUT2D eigenvalue weighted by atomic mass is 32.2. The van der Waals surface area contributed by atoms with Gasteiger partial charge in [-0.15, -0.1) is 0 Å². The van der Waals surface area contributed by atoms with E-state index < -0.39 is 27.7 Å². The molecule has 0 radical (unpaired) electrons. The Morgan fingerprint density at radius 3 is 2.26 bits per heavy atom. The Bertz CT molecular complexity index is 1280. The number of carbonyl (C=O) groups excluding carboxylic acids is 1. The molecule has 0 spiro atoms. The minimum absolute atomic E-state index is 0.00973. The Morgan fingerprint density at radius 2 is 1.65 bits per heavy atom. The van der Waals surface area contributed by atoms with Crippen LogP contribution < -0.4 is 19.5 Å². The van der Waals surface area contributed by atoms with E-state index in [1.807, 2.05) is 6.92 Å². The maximum absolute atomic E-state index is 13.0. The number of halogens is 3. The summed E-state index contributed by atoms with van der Waals surface area (Å²) in [6.07, 6.45) is -4.61. The second kappa shape index (κ2) is 10.0. The molecule has 0 bridgehead atoms. The number of hydrogen-bond donors (Lipinski definition) is 2. The molecular weight excluding hydrogens is 473 g/mol. The molecule has 1 amide bonds. The first-order chi connectivity index (χ1) is 16.0. The van der Waals surface area contributed by atoms with Gasteiger partial charge in [0.05, 0.1) is 19.3 Å². The first-order valence-corrected chi connectivity index (χ1v) is 11.4. The van der Waals surface area contributed by atoms with E-state index in [0.29, 0.717) is 18.4 Å². The lowest BCUT2D eigenvalue weighted by molar-refractivity contribution is -0.137. The van der Waals surface area contributed by atoms with Crippen molar-refractivity contribution in [2.75, 3.05) is 23.8 Å². The van der Waals surface area contributed by atoms with Crippen LogP contribution in [-0.2, 0) is 16.2 Å². The Labute approximate surface area is 194 Å². The summed E-state index contributed by atoms with van der Waals surface area (Å²) < 4.78 is 77.7. The van der Waals surface area contributed by atoms with Crippen LogP contribution in [0.15, 0.2) is 71.6 Å². The van der Waals surface area contributed by atoms with Gasteiger partial charge in [0.25, 0.3) is 15.9 Å². The molecule has 0 saturated carbocycles. The summed E-state index contributed by atoms with van der Waals surface area (Å²) >= 11 is 0. The smallest absolute Gasteiger partial charge is 0.416 e. The number of rotatable bonds is 8. The highest BCUT2D eigenvalue weighted by Crippen LogP contribution is 2.31. The number of methoxy groups -OCH3 is 1. The number of sulfonamides is 1.